The molecule has 6 heteroatoms. The molecule has 0 aromatic heterocycles. The van der Waals surface area contributed by atoms with Gasteiger partial charge < -0.3 is 21.3 Å². The number of aryl methyl sites for hydroxylation is 1. The van der Waals surface area contributed by atoms with Crippen molar-refractivity contribution in [3.63, 3.8) is 0 Å². The lowest BCUT2D eigenvalue weighted by Gasteiger charge is -2.05. The summed E-state index contributed by atoms with van der Waals surface area (Å²) in [6.07, 6.45) is 0. The summed E-state index contributed by atoms with van der Waals surface area (Å²) >= 11 is 0. The Hall–Kier alpha value is -1.82. The molecule has 84 valence electrons. The number of quaternary nitrogens is 1. The van der Waals surface area contributed by atoms with Crippen molar-refractivity contribution in [1.29, 1.82) is 0 Å². The van der Waals surface area contributed by atoms with E-state index in [1.807, 2.05) is 13.0 Å². The predicted octanol–water partition coefficient (Wildman–Crippen LogP) is 2.23. The van der Waals surface area contributed by atoms with Crippen molar-refractivity contribution in [2.75, 3.05) is 7.11 Å². The van der Waals surface area contributed by atoms with Crippen LogP contribution in [-0.4, -0.2) is 17.2 Å². The van der Waals surface area contributed by atoms with E-state index in [0.29, 0.717) is 0 Å². The maximum atomic E-state index is 10.7. The molecule has 0 spiro atoms. The van der Waals surface area contributed by atoms with Crippen LogP contribution in [-0.2, 0) is 6.54 Å². The van der Waals surface area contributed by atoms with Crippen molar-refractivity contribution in [3.8, 4) is 5.75 Å². The topological polar surface area (TPSA) is 104 Å². The Balaban J connectivity index is 0.00000196. The molecule has 0 fully saturated rings. The molecule has 1 rings (SSSR count). The van der Waals surface area contributed by atoms with Gasteiger partial charge in [0.15, 0.2) is 5.28 Å². The van der Waals surface area contributed by atoms with Crippen LogP contribution in [0.2, 0.25) is 0 Å². The zero-order chi connectivity index (χ0) is 10.6. The average molecular weight is 214 g/mol. The molecular formula is C9H16N3O3+. The molecule has 0 radical (unpaired) electrons. The van der Waals surface area contributed by atoms with Gasteiger partial charge in [0, 0.05) is 5.56 Å². The third-order valence-corrected chi connectivity index (χ3v) is 1.88. The molecule has 1 aromatic rings. The summed E-state index contributed by atoms with van der Waals surface area (Å²) in [5, 5.41) is 21.4. The molecule has 0 aliphatic carbocycles. The van der Waals surface area contributed by atoms with Crippen molar-refractivity contribution in [1.82, 2.24) is 6.15 Å². The highest BCUT2D eigenvalue weighted by Gasteiger charge is 2.03. The third kappa shape index (κ3) is 3.43. The number of hydroxylamine groups is 1. The van der Waals surface area contributed by atoms with Gasteiger partial charge in [-0.3, -0.25) is 0 Å². The van der Waals surface area contributed by atoms with Gasteiger partial charge in [-0.05, 0) is 30.7 Å². The summed E-state index contributed by atoms with van der Waals surface area (Å²) in [4.78, 5) is 0.210. The van der Waals surface area contributed by atoms with Crippen molar-refractivity contribution in [2.45, 2.75) is 13.5 Å². The summed E-state index contributed by atoms with van der Waals surface area (Å²) < 4.78 is 5.07. The van der Waals surface area contributed by atoms with Crippen LogP contribution in [0.4, 0.5) is 0 Å². The Morgan fingerprint density at radius 1 is 1.53 bits per heavy atom. The summed E-state index contributed by atoms with van der Waals surface area (Å²) in [6.45, 7) is 1.91. The number of methoxy groups -OCH3 is 1. The molecule has 0 saturated carbocycles. The van der Waals surface area contributed by atoms with Gasteiger partial charge in [-0.2, -0.15) is 0 Å². The van der Waals surface area contributed by atoms with Gasteiger partial charge in [0.1, 0.15) is 5.75 Å². The van der Waals surface area contributed by atoms with Crippen LogP contribution in [0, 0.1) is 12.1 Å². The molecule has 0 amide bonds. The second kappa shape index (κ2) is 5.82. The van der Waals surface area contributed by atoms with Gasteiger partial charge in [0.05, 0.1) is 7.11 Å². The highest BCUT2D eigenvalue weighted by molar-refractivity contribution is 5.35. The Morgan fingerprint density at radius 3 is 2.67 bits per heavy atom. The highest BCUT2D eigenvalue weighted by Crippen LogP contribution is 2.18. The first kappa shape index (κ1) is 13.2. The monoisotopic (exact) mass is 214 g/mol. The van der Waals surface area contributed by atoms with E-state index in [-0.39, 0.29) is 17.6 Å². The van der Waals surface area contributed by atoms with Gasteiger partial charge in [-0.1, -0.05) is 4.86 Å². The summed E-state index contributed by atoms with van der Waals surface area (Å²) in [5.74, 6) is 0.770. The fraction of sp³-hybridized carbons (Fsp3) is 0.333. The molecule has 6 nitrogen and oxygen atoms in total. The summed E-state index contributed by atoms with van der Waals surface area (Å²) in [7, 11) is 1.59. The molecule has 0 aliphatic heterocycles. The number of rotatable bonds is 3. The Bertz CT molecular complexity index is 352. The highest BCUT2D eigenvalue weighted by atomic mass is 16.6. The van der Waals surface area contributed by atoms with Crippen LogP contribution < -0.4 is 10.9 Å². The second-order valence-electron chi connectivity index (χ2n) is 2.90. The molecular weight excluding hydrogens is 198 g/mol. The predicted molar refractivity (Wildman–Crippen MR) is 55.3 cm³/mol. The molecule has 0 unspecified atom stereocenters. The first-order chi connectivity index (χ1) is 6.67. The number of benzene rings is 1. The largest absolute Gasteiger partial charge is 0.597 e. The number of hydrogen-bond donors (Lipinski definition) is 2. The molecule has 0 aliphatic rings. The number of ether oxygens (including phenoxy) is 1. The van der Waals surface area contributed by atoms with Crippen LogP contribution >= 0.6 is 0 Å². The van der Waals surface area contributed by atoms with Crippen molar-refractivity contribution in [3.05, 3.63) is 34.5 Å². The zero-order valence-electron chi connectivity index (χ0n) is 9.10. The standard InChI is InChI=1S/C9H12N2O3.H3N/c1-7-5-8(6-11(13)10-12)3-4-9(7)14-2;/h3-5,12H,6H2,1-2H3;1H3/p+1/b11-10-;. The second-order valence-corrected chi connectivity index (χ2v) is 2.90. The van der Waals surface area contributed by atoms with Crippen molar-refractivity contribution >= 4 is 0 Å². The number of nitrogens with zero attached hydrogens (tertiary/aromatic N) is 2. The lowest BCUT2D eigenvalue weighted by atomic mass is 10.1. The van der Waals surface area contributed by atoms with Crippen molar-refractivity contribution < 1.29 is 14.8 Å². The Kier molecular flexibility index (Phi) is 5.11. The van der Waals surface area contributed by atoms with Gasteiger partial charge in [-0.15, -0.1) is 0 Å². The lowest BCUT2D eigenvalue weighted by molar-refractivity contribution is -0.570. The van der Waals surface area contributed by atoms with E-state index in [2.05, 4.69) is 5.28 Å². The zero-order valence-corrected chi connectivity index (χ0v) is 9.10. The minimum Gasteiger partial charge on any atom is -0.597 e. The van der Waals surface area contributed by atoms with E-state index in [4.69, 9.17) is 9.94 Å². The van der Waals surface area contributed by atoms with E-state index in [0.717, 1.165) is 16.9 Å². The van der Waals surface area contributed by atoms with Crippen LogP contribution in [0.5, 0.6) is 5.75 Å². The first-order valence-corrected chi connectivity index (χ1v) is 4.10. The molecule has 0 heterocycles. The maximum absolute atomic E-state index is 10.7. The van der Waals surface area contributed by atoms with Crippen molar-refractivity contribution in [2.24, 2.45) is 5.28 Å². The smallest absolute Gasteiger partial charge is 0.209 e. The Morgan fingerprint density at radius 2 is 2.20 bits per heavy atom. The first-order valence-electron chi connectivity index (χ1n) is 4.10. The molecule has 5 N–H and O–H groups in total. The summed E-state index contributed by atoms with van der Waals surface area (Å²) in [6, 6.07) is 5.34. The molecule has 15 heavy (non-hydrogen) atoms. The van der Waals surface area contributed by atoms with Crippen LogP contribution in [0.15, 0.2) is 23.5 Å². The molecule has 0 atom stereocenters. The van der Waals surface area contributed by atoms with Crippen LogP contribution in [0.25, 0.3) is 0 Å². The summed E-state index contributed by atoms with van der Waals surface area (Å²) in [5.41, 5.74) is 1.72. The van der Waals surface area contributed by atoms with Gasteiger partial charge >= 0.3 is 0 Å². The van der Waals surface area contributed by atoms with E-state index >= 15 is 0 Å². The molecule has 0 bridgehead atoms. The van der Waals surface area contributed by atoms with E-state index in [1.54, 1.807) is 19.2 Å². The Labute approximate surface area is 87.9 Å². The fourth-order valence-electron chi connectivity index (χ4n) is 1.23. The van der Waals surface area contributed by atoms with Crippen LogP contribution in [0.1, 0.15) is 11.1 Å². The van der Waals surface area contributed by atoms with Gasteiger partial charge in [-0.25, -0.2) is 0 Å². The maximum Gasteiger partial charge on any atom is 0.209 e. The average Bonchev–Trinajstić information content (AvgIpc) is 2.18. The van der Waals surface area contributed by atoms with E-state index in [1.165, 1.54) is 0 Å². The van der Waals surface area contributed by atoms with Gasteiger partial charge in [0.2, 0.25) is 6.54 Å². The van der Waals surface area contributed by atoms with E-state index in [9.17, 15) is 5.21 Å². The van der Waals surface area contributed by atoms with E-state index < -0.39 is 0 Å². The molecule has 0 saturated heterocycles. The number of hydrogen-bond acceptors (Lipinski definition) is 3. The fourth-order valence-corrected chi connectivity index (χ4v) is 1.23. The lowest BCUT2D eigenvalue weighted by Crippen LogP contribution is -2.00. The minimum atomic E-state index is 0. The third-order valence-electron chi connectivity index (χ3n) is 1.88. The van der Waals surface area contributed by atoms with Gasteiger partial charge in [0.25, 0.3) is 0 Å². The normalized spacial score (nSPS) is 10.7. The quantitative estimate of drug-likeness (QED) is 0.457. The van der Waals surface area contributed by atoms with Crippen LogP contribution in [0.3, 0.4) is 0 Å². The minimum absolute atomic E-state index is 0. The molecule has 1 aromatic carbocycles. The SMILES string of the molecule is COc1ccc(C/[N+]([O-])=N/O)cc1C.[NH4+].